The highest BCUT2D eigenvalue weighted by atomic mass is 16.3. The van der Waals surface area contributed by atoms with Crippen molar-refractivity contribution in [1.82, 2.24) is 20.4 Å². The fourth-order valence-corrected chi connectivity index (χ4v) is 3.64. The molecule has 0 spiro atoms. The molecule has 0 aromatic carbocycles. The van der Waals surface area contributed by atoms with Crippen LogP contribution in [0.4, 0.5) is 4.79 Å². The van der Waals surface area contributed by atoms with Gasteiger partial charge in [0.15, 0.2) is 0 Å². The lowest BCUT2D eigenvalue weighted by atomic mass is 9.85. The third-order valence-electron chi connectivity index (χ3n) is 5.24. The zero-order valence-electron chi connectivity index (χ0n) is 14.8. The minimum atomic E-state index is -0.0828. The highest BCUT2D eigenvalue weighted by Crippen LogP contribution is 2.23. The maximum atomic E-state index is 12.1. The number of rotatable bonds is 6. The first kappa shape index (κ1) is 18.5. The van der Waals surface area contributed by atoms with Gasteiger partial charge in [0.25, 0.3) is 0 Å². The van der Waals surface area contributed by atoms with Gasteiger partial charge in [-0.2, -0.15) is 0 Å². The van der Waals surface area contributed by atoms with Crippen LogP contribution in [-0.4, -0.2) is 79.9 Å². The van der Waals surface area contributed by atoms with Crippen LogP contribution >= 0.6 is 0 Å². The molecule has 1 heterocycles. The van der Waals surface area contributed by atoms with Crippen molar-refractivity contribution in [3.63, 3.8) is 0 Å². The van der Waals surface area contributed by atoms with Crippen molar-refractivity contribution in [2.75, 3.05) is 52.9 Å². The minimum absolute atomic E-state index is 0.0828. The van der Waals surface area contributed by atoms with E-state index in [1.807, 2.05) is 0 Å². The fourth-order valence-electron chi connectivity index (χ4n) is 3.64. The number of hydrogen-bond donors (Lipinski definition) is 3. The van der Waals surface area contributed by atoms with E-state index >= 15 is 0 Å². The molecule has 0 aromatic rings. The molecule has 1 saturated heterocycles. The van der Waals surface area contributed by atoms with Crippen molar-refractivity contribution < 1.29 is 9.90 Å². The van der Waals surface area contributed by atoms with E-state index in [1.165, 1.54) is 0 Å². The number of nitrogens with one attached hydrogen (secondary N) is 2. The van der Waals surface area contributed by atoms with Crippen molar-refractivity contribution in [2.24, 2.45) is 11.8 Å². The van der Waals surface area contributed by atoms with Crippen molar-refractivity contribution in [2.45, 2.75) is 38.6 Å². The van der Waals surface area contributed by atoms with Gasteiger partial charge in [-0.1, -0.05) is 19.8 Å². The molecule has 0 radical (unpaired) electrons. The lowest BCUT2D eigenvalue weighted by molar-refractivity contribution is 0.137. The third kappa shape index (κ3) is 6.28. The minimum Gasteiger partial charge on any atom is -0.396 e. The molecule has 2 amide bonds. The van der Waals surface area contributed by atoms with Crippen LogP contribution < -0.4 is 10.6 Å². The van der Waals surface area contributed by atoms with Gasteiger partial charge in [0.05, 0.1) is 0 Å². The van der Waals surface area contributed by atoms with Gasteiger partial charge in [0, 0.05) is 57.8 Å². The van der Waals surface area contributed by atoms with E-state index in [-0.39, 0.29) is 24.6 Å². The molecule has 2 fully saturated rings. The first-order chi connectivity index (χ1) is 11.1. The van der Waals surface area contributed by atoms with E-state index in [9.17, 15) is 9.90 Å². The smallest absolute Gasteiger partial charge is 0.315 e. The molecule has 0 aromatic heterocycles. The summed E-state index contributed by atoms with van der Waals surface area (Å²) in [5.41, 5.74) is 0. The first-order valence-corrected chi connectivity index (χ1v) is 9.14. The Morgan fingerprint density at radius 1 is 1.22 bits per heavy atom. The lowest BCUT2D eigenvalue weighted by Crippen LogP contribution is -2.50. The van der Waals surface area contributed by atoms with Crippen molar-refractivity contribution >= 4 is 6.03 Å². The molecule has 1 aliphatic carbocycles. The SMILES string of the molecule is CC(CNC(=O)NC1CCCCC1CO)CN1CCN(C)CC1. The molecule has 6 nitrogen and oxygen atoms in total. The van der Waals surface area contributed by atoms with Gasteiger partial charge in [-0.25, -0.2) is 4.79 Å². The Kier molecular flexibility index (Phi) is 7.59. The number of aliphatic hydroxyl groups excluding tert-OH is 1. The quantitative estimate of drug-likeness (QED) is 0.673. The standard InChI is InChI=1S/C17H34N4O2/c1-14(12-21-9-7-20(2)8-10-21)11-18-17(23)19-16-6-4-3-5-15(16)13-22/h14-16,22H,3-13H2,1-2H3,(H2,18,19,23). The molecule has 23 heavy (non-hydrogen) atoms. The van der Waals surface area contributed by atoms with Gasteiger partial charge in [0.1, 0.15) is 0 Å². The van der Waals surface area contributed by atoms with Crippen LogP contribution in [-0.2, 0) is 0 Å². The zero-order valence-corrected chi connectivity index (χ0v) is 14.8. The Labute approximate surface area is 140 Å². The summed E-state index contributed by atoms with van der Waals surface area (Å²) < 4.78 is 0. The predicted molar refractivity (Wildman–Crippen MR) is 92.5 cm³/mol. The lowest BCUT2D eigenvalue weighted by Gasteiger charge is -2.34. The molecule has 3 unspecified atom stereocenters. The number of amides is 2. The number of likely N-dealkylation sites (N-methyl/N-ethyl adjacent to an activating group) is 1. The number of carbonyl (C=O) groups is 1. The highest BCUT2D eigenvalue weighted by molar-refractivity contribution is 5.74. The van der Waals surface area contributed by atoms with Crippen LogP contribution in [0, 0.1) is 11.8 Å². The van der Waals surface area contributed by atoms with Crippen LogP contribution in [0.25, 0.3) is 0 Å². The van der Waals surface area contributed by atoms with Gasteiger partial charge in [0.2, 0.25) is 0 Å². The molecular formula is C17H34N4O2. The summed E-state index contributed by atoms with van der Waals surface area (Å²) in [5.74, 6) is 0.668. The van der Waals surface area contributed by atoms with E-state index in [0.717, 1.165) is 58.4 Å². The number of aliphatic hydroxyl groups is 1. The van der Waals surface area contributed by atoms with Crippen molar-refractivity contribution in [1.29, 1.82) is 0 Å². The molecule has 3 N–H and O–H groups in total. The number of carbonyl (C=O) groups excluding carboxylic acids is 1. The average Bonchev–Trinajstić information content (AvgIpc) is 2.55. The Hall–Kier alpha value is -0.850. The summed E-state index contributed by atoms with van der Waals surface area (Å²) in [6.45, 7) is 8.60. The van der Waals surface area contributed by atoms with Crippen LogP contribution in [0.15, 0.2) is 0 Å². The molecule has 2 rings (SSSR count). The predicted octanol–water partition coefficient (Wildman–Crippen LogP) is 0.720. The van der Waals surface area contributed by atoms with Gasteiger partial charge >= 0.3 is 6.03 Å². The first-order valence-electron chi connectivity index (χ1n) is 9.14. The summed E-state index contributed by atoms with van der Waals surface area (Å²) in [7, 11) is 2.16. The van der Waals surface area contributed by atoms with Crippen LogP contribution in [0.1, 0.15) is 32.6 Å². The van der Waals surface area contributed by atoms with Gasteiger partial charge in [-0.15, -0.1) is 0 Å². The molecule has 6 heteroatoms. The Morgan fingerprint density at radius 3 is 2.61 bits per heavy atom. The second-order valence-electron chi connectivity index (χ2n) is 7.40. The van der Waals surface area contributed by atoms with Crippen LogP contribution in [0.5, 0.6) is 0 Å². The van der Waals surface area contributed by atoms with E-state index in [0.29, 0.717) is 12.5 Å². The van der Waals surface area contributed by atoms with E-state index in [4.69, 9.17) is 0 Å². The van der Waals surface area contributed by atoms with Crippen LogP contribution in [0.3, 0.4) is 0 Å². The molecular weight excluding hydrogens is 292 g/mol. The average molecular weight is 326 g/mol. The van der Waals surface area contributed by atoms with E-state index in [2.05, 4.69) is 34.4 Å². The normalized spacial score (nSPS) is 28.3. The summed E-state index contributed by atoms with van der Waals surface area (Å²) in [4.78, 5) is 16.9. The second-order valence-corrected chi connectivity index (χ2v) is 7.40. The van der Waals surface area contributed by atoms with Crippen LogP contribution in [0.2, 0.25) is 0 Å². The molecule has 1 aliphatic heterocycles. The number of urea groups is 1. The molecule has 134 valence electrons. The monoisotopic (exact) mass is 326 g/mol. The number of hydrogen-bond acceptors (Lipinski definition) is 4. The second kappa shape index (κ2) is 9.45. The van der Waals surface area contributed by atoms with Crippen molar-refractivity contribution in [3.05, 3.63) is 0 Å². The Bertz CT molecular complexity index is 359. The molecule has 3 atom stereocenters. The summed E-state index contributed by atoms with van der Waals surface area (Å²) >= 11 is 0. The maximum Gasteiger partial charge on any atom is 0.315 e. The van der Waals surface area contributed by atoms with Gasteiger partial charge < -0.3 is 25.5 Å². The summed E-state index contributed by atoms with van der Waals surface area (Å²) in [6.07, 6.45) is 4.30. The Balaban J connectivity index is 1.63. The summed E-state index contributed by atoms with van der Waals surface area (Å²) in [5, 5.41) is 15.5. The molecule has 0 bridgehead atoms. The van der Waals surface area contributed by atoms with Gasteiger partial charge in [-0.3, -0.25) is 0 Å². The highest BCUT2D eigenvalue weighted by Gasteiger charge is 2.25. The number of piperazine rings is 1. The number of nitrogens with zero attached hydrogens (tertiary/aromatic N) is 2. The summed E-state index contributed by atoms with van der Waals surface area (Å²) in [6, 6.07) is 0.0438. The Morgan fingerprint density at radius 2 is 1.91 bits per heavy atom. The zero-order chi connectivity index (χ0) is 16.7. The van der Waals surface area contributed by atoms with E-state index in [1.54, 1.807) is 0 Å². The molecule has 1 saturated carbocycles. The third-order valence-corrected chi connectivity index (χ3v) is 5.24. The maximum absolute atomic E-state index is 12.1. The topological polar surface area (TPSA) is 67.8 Å². The largest absolute Gasteiger partial charge is 0.396 e. The van der Waals surface area contributed by atoms with Crippen molar-refractivity contribution in [3.8, 4) is 0 Å². The fraction of sp³-hybridized carbons (Fsp3) is 0.941. The van der Waals surface area contributed by atoms with Gasteiger partial charge in [-0.05, 0) is 25.8 Å². The molecule has 2 aliphatic rings. The van der Waals surface area contributed by atoms with E-state index < -0.39 is 0 Å².